The van der Waals surface area contributed by atoms with Crippen LogP contribution in [0.25, 0.3) is 0 Å². The van der Waals surface area contributed by atoms with Gasteiger partial charge in [-0.2, -0.15) is 0 Å². The molecule has 0 N–H and O–H groups in total. The van der Waals surface area contributed by atoms with Crippen LogP contribution in [0.2, 0.25) is 0 Å². The molecule has 0 aliphatic heterocycles. The summed E-state index contributed by atoms with van der Waals surface area (Å²) in [6.45, 7) is 13.8. The lowest BCUT2D eigenvalue weighted by molar-refractivity contribution is -0.387. The van der Waals surface area contributed by atoms with Crippen molar-refractivity contribution in [1.29, 1.82) is 0 Å². The van der Waals surface area contributed by atoms with Gasteiger partial charge in [-0.3, -0.25) is 20.2 Å². The van der Waals surface area contributed by atoms with E-state index in [1.165, 1.54) is 12.1 Å². The Bertz CT molecular complexity index is 579. The van der Waals surface area contributed by atoms with Crippen LogP contribution in [-0.4, -0.2) is 9.85 Å². The van der Waals surface area contributed by atoms with Crippen molar-refractivity contribution in [1.82, 2.24) is 0 Å². The first-order chi connectivity index (χ1) is 12.4. The Hall–Kier alpha value is -2.03. The number of aryl methyl sites for hydroxylation is 1. The van der Waals surface area contributed by atoms with Crippen molar-refractivity contribution in [2.45, 2.75) is 48.5 Å². The van der Waals surface area contributed by atoms with Gasteiger partial charge in [0.1, 0.15) is 0 Å². The summed E-state index contributed by atoms with van der Waals surface area (Å²) in [5.74, 6) is 0. The van der Waals surface area contributed by atoms with Crippen molar-refractivity contribution < 1.29 is 32.4 Å². The highest BCUT2D eigenvalue weighted by Gasteiger charge is 2.06. The number of non-ortho nitro benzene ring substituents is 2. The van der Waals surface area contributed by atoms with Crippen LogP contribution in [0.5, 0.6) is 0 Å². The molecule has 0 aliphatic carbocycles. The molecule has 6 nitrogen and oxygen atoms in total. The molecule has 0 heterocycles. The van der Waals surface area contributed by atoms with E-state index in [4.69, 9.17) is 0 Å². The fraction of sp³-hybridized carbons (Fsp3) is 0.368. The predicted octanol–water partition coefficient (Wildman–Crippen LogP) is 3.03. The normalized spacial score (nSPS) is 7.85. The molecule has 2 rings (SSSR count). The molecule has 0 spiro atoms. The fourth-order valence-electron chi connectivity index (χ4n) is 1.34. The molecule has 26 heavy (non-hydrogen) atoms. The van der Waals surface area contributed by atoms with Crippen molar-refractivity contribution in [2.24, 2.45) is 0 Å². The molecule has 0 aliphatic rings. The Morgan fingerprint density at radius 1 is 0.731 bits per heavy atom. The monoisotopic (exact) mass is 477 g/mol. The molecule has 0 saturated carbocycles. The molecule has 146 valence electrons. The smallest absolute Gasteiger partial charge is 0.258 e. The van der Waals surface area contributed by atoms with E-state index in [0.29, 0.717) is 0 Å². The lowest BCUT2D eigenvalue weighted by Gasteiger charge is -1.90. The summed E-state index contributed by atoms with van der Waals surface area (Å²) in [6.07, 6.45) is 0. The van der Waals surface area contributed by atoms with Crippen molar-refractivity contribution >= 4 is 11.4 Å². The second-order valence-electron chi connectivity index (χ2n) is 3.85. The minimum Gasteiger partial charge on any atom is -0.258 e. The molecule has 0 radical (unpaired) electrons. The fourth-order valence-corrected chi connectivity index (χ4v) is 1.91. The molecule has 0 bridgehead atoms. The van der Waals surface area contributed by atoms with E-state index in [2.05, 4.69) is 0 Å². The highest BCUT2D eigenvalue weighted by molar-refractivity contribution is 5.33. The second kappa shape index (κ2) is 19.3. The summed E-state index contributed by atoms with van der Waals surface area (Å²) in [5.41, 5.74) is 1.22. The van der Waals surface area contributed by atoms with Gasteiger partial charge in [0.15, 0.2) is 3.57 Å². The first-order valence-corrected chi connectivity index (χ1v) is 9.69. The minimum atomic E-state index is -0.396. The van der Waals surface area contributed by atoms with Crippen molar-refractivity contribution in [3.63, 3.8) is 0 Å². The minimum absolute atomic E-state index is 0.153. The van der Waals surface area contributed by atoms with Crippen LogP contribution in [-0.2, 0) is 0 Å². The van der Waals surface area contributed by atoms with Crippen molar-refractivity contribution in [3.8, 4) is 0 Å². The molecule has 0 aromatic heterocycles. The quantitative estimate of drug-likeness (QED) is 0.378. The molecule has 2 aromatic carbocycles. The SMILES string of the molecule is CC.CC.CC.Cc1cccc([N+](=O)[O-])c1.O=[N+]([O-])c1cccc([IH+])c1. The summed E-state index contributed by atoms with van der Waals surface area (Å²) in [7, 11) is 0. The zero-order valence-corrected chi connectivity index (χ0v) is 18.9. The second-order valence-corrected chi connectivity index (χ2v) is 5.20. The maximum Gasteiger partial charge on any atom is 0.296 e. The van der Waals surface area contributed by atoms with Crippen LogP contribution in [0, 0.1) is 30.7 Å². The summed E-state index contributed by atoms with van der Waals surface area (Å²) in [5, 5.41) is 20.3. The van der Waals surface area contributed by atoms with Gasteiger partial charge in [0.05, 0.1) is 15.9 Å². The lowest BCUT2D eigenvalue weighted by atomic mass is 10.2. The van der Waals surface area contributed by atoms with E-state index in [9.17, 15) is 20.2 Å². The number of hydrogen-bond acceptors (Lipinski definition) is 4. The topological polar surface area (TPSA) is 86.3 Å². The van der Waals surface area contributed by atoms with E-state index in [0.717, 1.165) is 9.13 Å². The highest BCUT2D eigenvalue weighted by Crippen LogP contribution is 2.11. The Labute approximate surface area is 170 Å². The number of nitro groups is 2. The number of rotatable bonds is 2. The van der Waals surface area contributed by atoms with Crippen LogP contribution in [0.4, 0.5) is 11.4 Å². The number of halogens is 1. The Morgan fingerprint density at radius 3 is 1.38 bits per heavy atom. The number of benzene rings is 2. The maximum absolute atomic E-state index is 10.2. The van der Waals surface area contributed by atoms with Crippen LogP contribution in [0.15, 0.2) is 48.5 Å². The third-order valence-electron chi connectivity index (χ3n) is 2.24. The average molecular weight is 477 g/mol. The Kier molecular flexibility index (Phi) is 21.3. The van der Waals surface area contributed by atoms with Gasteiger partial charge in [0.25, 0.3) is 34.0 Å². The summed E-state index contributed by atoms with van der Waals surface area (Å²) in [6, 6.07) is 13.1. The third kappa shape index (κ3) is 14.3. The van der Waals surface area contributed by atoms with E-state index in [1.54, 1.807) is 46.9 Å². The Morgan fingerprint density at radius 2 is 1.12 bits per heavy atom. The van der Waals surface area contributed by atoms with Gasteiger partial charge in [-0.15, -0.1) is 0 Å². The van der Waals surface area contributed by atoms with E-state index in [1.807, 2.05) is 60.6 Å². The lowest BCUT2D eigenvalue weighted by Crippen LogP contribution is -3.34. The summed E-state index contributed by atoms with van der Waals surface area (Å²) >= 11 is 1.76. The van der Waals surface area contributed by atoms with Gasteiger partial charge < -0.3 is 0 Å². The first kappa shape index (κ1) is 28.8. The zero-order valence-electron chi connectivity index (χ0n) is 16.6. The predicted molar refractivity (Wildman–Crippen MR) is 105 cm³/mol. The summed E-state index contributed by atoms with van der Waals surface area (Å²) < 4.78 is 0.921. The van der Waals surface area contributed by atoms with Crippen LogP contribution < -0.4 is 22.6 Å². The molecule has 2 aromatic rings. The molecule has 7 heteroatoms. The van der Waals surface area contributed by atoms with Gasteiger partial charge >= 0.3 is 0 Å². The van der Waals surface area contributed by atoms with Crippen LogP contribution in [0.1, 0.15) is 47.1 Å². The number of nitrogens with zero attached hydrogens (tertiary/aromatic N) is 2. The third-order valence-corrected chi connectivity index (χ3v) is 2.97. The number of hydrogen-bond donors (Lipinski definition) is 0. The van der Waals surface area contributed by atoms with Gasteiger partial charge in [0.2, 0.25) is 0 Å². The maximum atomic E-state index is 10.2. The molecule has 0 atom stereocenters. The summed E-state index contributed by atoms with van der Waals surface area (Å²) in [4.78, 5) is 19.5. The molecular weight excluding hydrogens is 447 g/mol. The van der Waals surface area contributed by atoms with Crippen molar-refractivity contribution in [3.05, 3.63) is 77.9 Å². The standard InChI is InChI=1S/C7H7NO2.C6H5INO2.3C2H6/c1-6-3-2-4-7(5-6)8(9)10;7-5-2-1-3-6(4-5)8(9)10;3*1-2/h2-5H,1H3;1-4,7H;3*1-2H3/q;+1;;;. The molecule has 0 unspecified atom stereocenters. The molecule has 0 saturated heterocycles. The zero-order chi connectivity index (χ0) is 21.1. The highest BCUT2D eigenvalue weighted by atomic mass is 127. The van der Waals surface area contributed by atoms with Crippen LogP contribution >= 0.6 is 0 Å². The van der Waals surface area contributed by atoms with Crippen LogP contribution in [0.3, 0.4) is 0 Å². The number of nitro benzene ring substituents is 2. The van der Waals surface area contributed by atoms with E-state index in [-0.39, 0.29) is 11.4 Å². The molecule has 0 fully saturated rings. The molecular formula is C19H30IN2O4+. The molecule has 0 amide bonds. The van der Waals surface area contributed by atoms with Gasteiger partial charge in [-0.1, -0.05) is 59.7 Å². The average Bonchev–Trinajstić information content (AvgIpc) is 2.67. The van der Waals surface area contributed by atoms with Gasteiger partial charge in [-0.25, -0.2) is 0 Å². The van der Waals surface area contributed by atoms with E-state index < -0.39 is 9.85 Å². The van der Waals surface area contributed by atoms with Gasteiger partial charge in [0, 0.05) is 18.2 Å². The Balaban J connectivity index is -0.000000316. The van der Waals surface area contributed by atoms with Crippen molar-refractivity contribution in [2.75, 3.05) is 0 Å². The van der Waals surface area contributed by atoms with E-state index >= 15 is 0 Å². The first-order valence-electron chi connectivity index (χ1n) is 8.52. The largest absolute Gasteiger partial charge is 0.296 e. The van der Waals surface area contributed by atoms with Gasteiger partial charge in [-0.05, 0) is 18.6 Å².